The van der Waals surface area contributed by atoms with E-state index < -0.39 is 9.84 Å². The highest BCUT2D eigenvalue weighted by Gasteiger charge is 2.33. The van der Waals surface area contributed by atoms with Crippen LogP contribution in [0.4, 0.5) is 0 Å². The fourth-order valence-corrected chi connectivity index (χ4v) is 4.25. The lowest BCUT2D eigenvalue weighted by atomic mass is 9.86. The molecule has 1 heterocycles. The lowest BCUT2D eigenvalue weighted by Gasteiger charge is -2.20. The quantitative estimate of drug-likeness (QED) is 0.863. The third-order valence-corrected chi connectivity index (χ3v) is 5.05. The van der Waals surface area contributed by atoms with Crippen LogP contribution in [0.2, 0.25) is 0 Å². The minimum atomic E-state index is -2.87. The molecule has 88 valence electrons. The van der Waals surface area contributed by atoms with E-state index in [1.807, 2.05) is 30.3 Å². The Kier molecular flexibility index (Phi) is 3.30. The van der Waals surface area contributed by atoms with Gasteiger partial charge < -0.3 is 5.11 Å². The van der Waals surface area contributed by atoms with Crippen LogP contribution < -0.4 is 0 Å². The number of hydrogen-bond acceptors (Lipinski definition) is 3. The third-order valence-electron chi connectivity index (χ3n) is 3.26. The largest absolute Gasteiger partial charge is 0.396 e. The average molecular weight is 240 g/mol. The second-order valence-electron chi connectivity index (χ2n) is 4.36. The van der Waals surface area contributed by atoms with Crippen molar-refractivity contribution in [2.45, 2.75) is 12.3 Å². The van der Waals surface area contributed by atoms with Crippen molar-refractivity contribution in [1.82, 2.24) is 0 Å². The molecular formula is C12H16O3S. The topological polar surface area (TPSA) is 54.4 Å². The van der Waals surface area contributed by atoms with Gasteiger partial charge in [0.1, 0.15) is 0 Å². The van der Waals surface area contributed by atoms with E-state index in [-0.39, 0.29) is 29.9 Å². The molecule has 0 radical (unpaired) electrons. The van der Waals surface area contributed by atoms with Gasteiger partial charge in [-0.2, -0.15) is 0 Å². The molecule has 4 heteroatoms. The maximum absolute atomic E-state index is 11.4. The fraction of sp³-hybridized carbons (Fsp3) is 0.500. The Balaban J connectivity index is 2.19. The fourth-order valence-electron chi connectivity index (χ4n) is 2.37. The summed E-state index contributed by atoms with van der Waals surface area (Å²) in [5, 5.41) is 9.42. The molecule has 1 aromatic carbocycles. The highest BCUT2D eigenvalue weighted by molar-refractivity contribution is 7.91. The summed E-state index contributed by atoms with van der Waals surface area (Å²) in [6.45, 7) is 0.0181. The van der Waals surface area contributed by atoms with Gasteiger partial charge in [0.05, 0.1) is 18.1 Å². The molecule has 3 nitrogen and oxygen atoms in total. The van der Waals surface area contributed by atoms with Crippen molar-refractivity contribution in [3.05, 3.63) is 35.9 Å². The average Bonchev–Trinajstić information content (AvgIpc) is 2.62. The van der Waals surface area contributed by atoms with Crippen molar-refractivity contribution < 1.29 is 13.5 Å². The SMILES string of the molecule is O=S1(=O)CCC(C(CO)c2ccccc2)C1. The zero-order chi connectivity index (χ0) is 11.6. The van der Waals surface area contributed by atoms with E-state index in [2.05, 4.69) is 0 Å². The maximum Gasteiger partial charge on any atom is 0.150 e. The standard InChI is InChI=1S/C12H16O3S/c13-8-12(10-4-2-1-3-5-10)11-6-7-16(14,15)9-11/h1-5,11-13H,6-9H2. The first-order valence-corrected chi connectivity index (χ1v) is 7.31. The Labute approximate surface area is 96.0 Å². The summed E-state index contributed by atoms with van der Waals surface area (Å²) in [5.41, 5.74) is 1.03. The zero-order valence-electron chi connectivity index (χ0n) is 9.04. The van der Waals surface area contributed by atoms with Crippen molar-refractivity contribution in [3.8, 4) is 0 Å². The van der Waals surface area contributed by atoms with Gasteiger partial charge in [-0.25, -0.2) is 8.42 Å². The first-order valence-electron chi connectivity index (χ1n) is 5.48. The molecule has 16 heavy (non-hydrogen) atoms. The summed E-state index contributed by atoms with van der Waals surface area (Å²) < 4.78 is 22.8. The summed E-state index contributed by atoms with van der Waals surface area (Å²) in [7, 11) is -2.87. The van der Waals surface area contributed by atoms with Gasteiger partial charge in [0.15, 0.2) is 9.84 Å². The second-order valence-corrected chi connectivity index (χ2v) is 6.59. The monoisotopic (exact) mass is 240 g/mol. The molecule has 2 rings (SSSR count). The molecule has 1 fully saturated rings. The Bertz CT molecular complexity index is 439. The van der Waals surface area contributed by atoms with Crippen molar-refractivity contribution >= 4 is 9.84 Å². The predicted octanol–water partition coefficient (Wildman–Crippen LogP) is 1.20. The molecule has 0 aromatic heterocycles. The first kappa shape index (κ1) is 11.6. The van der Waals surface area contributed by atoms with E-state index in [0.29, 0.717) is 6.42 Å². The summed E-state index contributed by atoms with van der Waals surface area (Å²) in [5.74, 6) is 0.504. The number of aliphatic hydroxyl groups excluding tert-OH is 1. The Morgan fingerprint density at radius 2 is 2.00 bits per heavy atom. The Morgan fingerprint density at radius 1 is 1.31 bits per heavy atom. The van der Waals surface area contributed by atoms with Crippen LogP contribution in [0.3, 0.4) is 0 Å². The number of benzene rings is 1. The van der Waals surface area contributed by atoms with Crippen LogP contribution in [0, 0.1) is 5.92 Å². The zero-order valence-corrected chi connectivity index (χ0v) is 9.86. The van der Waals surface area contributed by atoms with Crippen molar-refractivity contribution in [3.63, 3.8) is 0 Å². The molecule has 1 aromatic rings. The minimum Gasteiger partial charge on any atom is -0.396 e. The first-order chi connectivity index (χ1) is 7.62. The number of rotatable bonds is 3. The predicted molar refractivity (Wildman–Crippen MR) is 63.0 cm³/mol. The molecule has 1 aliphatic heterocycles. The summed E-state index contributed by atoms with van der Waals surface area (Å²) in [6, 6.07) is 9.66. The van der Waals surface area contributed by atoms with Crippen LogP contribution in [0.5, 0.6) is 0 Å². The molecular weight excluding hydrogens is 224 g/mol. The maximum atomic E-state index is 11.4. The number of aliphatic hydroxyl groups is 1. The van der Waals surface area contributed by atoms with Crippen LogP contribution in [0.15, 0.2) is 30.3 Å². The van der Waals surface area contributed by atoms with E-state index >= 15 is 0 Å². The van der Waals surface area contributed by atoms with Crippen LogP contribution in [0.25, 0.3) is 0 Å². The van der Waals surface area contributed by atoms with Gasteiger partial charge >= 0.3 is 0 Å². The van der Waals surface area contributed by atoms with Crippen molar-refractivity contribution in [2.75, 3.05) is 18.1 Å². The lowest BCUT2D eigenvalue weighted by molar-refractivity contribution is 0.233. The van der Waals surface area contributed by atoms with Crippen LogP contribution in [-0.2, 0) is 9.84 Å². The number of sulfone groups is 1. The lowest BCUT2D eigenvalue weighted by Crippen LogP contribution is -2.18. The molecule has 1 aliphatic rings. The van der Waals surface area contributed by atoms with Gasteiger partial charge in [-0.1, -0.05) is 30.3 Å². The molecule has 2 atom stereocenters. The van der Waals surface area contributed by atoms with Gasteiger partial charge in [0.2, 0.25) is 0 Å². The van der Waals surface area contributed by atoms with Crippen molar-refractivity contribution in [2.24, 2.45) is 5.92 Å². The van der Waals surface area contributed by atoms with E-state index in [1.54, 1.807) is 0 Å². The molecule has 1 saturated heterocycles. The molecule has 0 amide bonds. The van der Waals surface area contributed by atoms with Gasteiger partial charge in [-0.05, 0) is 17.9 Å². The molecule has 2 unspecified atom stereocenters. The highest BCUT2D eigenvalue weighted by Crippen LogP contribution is 2.32. The normalized spacial score (nSPS) is 25.4. The van der Waals surface area contributed by atoms with Gasteiger partial charge in [0.25, 0.3) is 0 Å². The summed E-state index contributed by atoms with van der Waals surface area (Å²) >= 11 is 0. The van der Waals surface area contributed by atoms with E-state index in [1.165, 1.54) is 0 Å². The molecule has 0 bridgehead atoms. The molecule has 0 spiro atoms. The second kappa shape index (κ2) is 4.55. The minimum absolute atomic E-state index is 0.0181. The highest BCUT2D eigenvalue weighted by atomic mass is 32.2. The Morgan fingerprint density at radius 3 is 2.50 bits per heavy atom. The molecule has 0 saturated carbocycles. The van der Waals surface area contributed by atoms with Gasteiger partial charge in [-0.3, -0.25) is 0 Å². The van der Waals surface area contributed by atoms with Gasteiger partial charge in [0, 0.05) is 5.92 Å². The van der Waals surface area contributed by atoms with Gasteiger partial charge in [-0.15, -0.1) is 0 Å². The third kappa shape index (κ3) is 2.44. The van der Waals surface area contributed by atoms with Crippen molar-refractivity contribution in [1.29, 1.82) is 0 Å². The number of hydrogen-bond donors (Lipinski definition) is 1. The van der Waals surface area contributed by atoms with Crippen LogP contribution in [0.1, 0.15) is 17.9 Å². The van der Waals surface area contributed by atoms with E-state index in [9.17, 15) is 13.5 Å². The smallest absolute Gasteiger partial charge is 0.150 e. The Hall–Kier alpha value is -0.870. The van der Waals surface area contributed by atoms with Crippen LogP contribution >= 0.6 is 0 Å². The van der Waals surface area contributed by atoms with Crippen LogP contribution in [-0.4, -0.2) is 31.6 Å². The summed E-state index contributed by atoms with van der Waals surface area (Å²) in [4.78, 5) is 0. The molecule has 1 N–H and O–H groups in total. The van der Waals surface area contributed by atoms with E-state index in [4.69, 9.17) is 0 Å². The van der Waals surface area contributed by atoms with E-state index in [0.717, 1.165) is 5.56 Å². The molecule has 0 aliphatic carbocycles. The summed E-state index contributed by atoms with van der Waals surface area (Å²) in [6.07, 6.45) is 0.669.